The molecule has 0 aliphatic carbocycles. The molecule has 0 spiro atoms. The Labute approximate surface area is 115 Å². The number of rotatable bonds is 4. The van der Waals surface area contributed by atoms with Crippen LogP contribution in [0.3, 0.4) is 0 Å². The van der Waals surface area contributed by atoms with Gasteiger partial charge in [-0.2, -0.15) is 0 Å². The Morgan fingerprint density at radius 2 is 2.06 bits per heavy atom. The van der Waals surface area contributed by atoms with E-state index in [4.69, 9.17) is 0 Å². The Bertz CT molecular complexity index is 592. The molecule has 3 heteroatoms. The number of fused-ring (bicyclic) bond motifs is 1. The molecule has 0 amide bonds. The standard InChI is InChI=1S/C15H15NS2/c1-16-13(10-12-6-4-8-17-12)15-9-11-5-2-3-7-14(11)18-15/h2-9,13,16H,10H2,1H3. The molecule has 1 aromatic carbocycles. The molecule has 0 fully saturated rings. The molecule has 1 atom stereocenters. The maximum atomic E-state index is 3.43. The maximum Gasteiger partial charge on any atom is 0.0461 e. The van der Waals surface area contributed by atoms with Gasteiger partial charge in [0.15, 0.2) is 0 Å². The van der Waals surface area contributed by atoms with E-state index in [0.717, 1.165) is 6.42 Å². The van der Waals surface area contributed by atoms with Crippen LogP contribution in [0, 0.1) is 0 Å². The van der Waals surface area contributed by atoms with Crippen molar-refractivity contribution >= 4 is 32.8 Å². The van der Waals surface area contributed by atoms with Crippen molar-refractivity contribution in [3.63, 3.8) is 0 Å². The average Bonchev–Trinajstić information content (AvgIpc) is 3.04. The summed E-state index contributed by atoms with van der Waals surface area (Å²) < 4.78 is 1.37. The normalized spacial score (nSPS) is 12.9. The van der Waals surface area contributed by atoms with Gasteiger partial charge in [0.25, 0.3) is 0 Å². The zero-order valence-electron chi connectivity index (χ0n) is 10.2. The molecule has 2 aromatic heterocycles. The van der Waals surface area contributed by atoms with Crippen molar-refractivity contribution in [1.29, 1.82) is 0 Å². The lowest BCUT2D eigenvalue weighted by Crippen LogP contribution is -2.17. The van der Waals surface area contributed by atoms with Crippen LogP contribution < -0.4 is 5.32 Å². The molecule has 1 nitrogen and oxygen atoms in total. The lowest BCUT2D eigenvalue weighted by molar-refractivity contribution is 0.607. The van der Waals surface area contributed by atoms with E-state index in [2.05, 4.69) is 53.2 Å². The Balaban J connectivity index is 1.90. The molecular weight excluding hydrogens is 258 g/mol. The van der Waals surface area contributed by atoms with Crippen molar-refractivity contribution in [2.75, 3.05) is 7.05 Å². The van der Waals surface area contributed by atoms with Crippen LogP contribution in [0.15, 0.2) is 47.8 Å². The summed E-state index contributed by atoms with van der Waals surface area (Å²) in [6.07, 6.45) is 1.07. The molecule has 1 unspecified atom stereocenters. The van der Waals surface area contributed by atoms with E-state index in [-0.39, 0.29) is 0 Å². The second-order valence-electron chi connectivity index (χ2n) is 4.31. The number of hydrogen-bond acceptors (Lipinski definition) is 3. The van der Waals surface area contributed by atoms with Crippen LogP contribution >= 0.6 is 22.7 Å². The third-order valence-electron chi connectivity index (χ3n) is 3.12. The Hall–Kier alpha value is -1.16. The van der Waals surface area contributed by atoms with Gasteiger partial charge in [0, 0.05) is 26.9 Å². The fourth-order valence-corrected chi connectivity index (χ4v) is 4.08. The van der Waals surface area contributed by atoms with Crippen LogP contribution in [0.1, 0.15) is 15.8 Å². The molecule has 0 aliphatic rings. The largest absolute Gasteiger partial charge is 0.312 e. The molecule has 0 bridgehead atoms. The second kappa shape index (κ2) is 5.22. The Morgan fingerprint density at radius 3 is 2.78 bits per heavy atom. The minimum absolute atomic E-state index is 0.418. The maximum absolute atomic E-state index is 3.43. The summed E-state index contributed by atoms with van der Waals surface area (Å²) in [4.78, 5) is 2.86. The fraction of sp³-hybridized carbons (Fsp3) is 0.200. The SMILES string of the molecule is CNC(Cc1cccs1)c1cc2ccccc2s1. The molecule has 0 radical (unpaired) electrons. The topological polar surface area (TPSA) is 12.0 Å². The summed E-state index contributed by atoms with van der Waals surface area (Å²) in [6, 6.07) is 15.7. The highest BCUT2D eigenvalue weighted by Gasteiger charge is 2.13. The Kier molecular flexibility index (Phi) is 3.46. The van der Waals surface area contributed by atoms with Gasteiger partial charge in [-0.1, -0.05) is 24.3 Å². The van der Waals surface area contributed by atoms with Crippen LogP contribution in [-0.2, 0) is 6.42 Å². The molecule has 0 saturated heterocycles. The van der Waals surface area contributed by atoms with Crippen molar-refractivity contribution in [1.82, 2.24) is 5.32 Å². The average molecular weight is 273 g/mol. The first-order chi connectivity index (χ1) is 8.86. The van der Waals surface area contributed by atoms with E-state index in [9.17, 15) is 0 Å². The van der Waals surface area contributed by atoms with E-state index >= 15 is 0 Å². The predicted octanol–water partition coefficient (Wildman–Crippen LogP) is 4.47. The Morgan fingerprint density at radius 1 is 1.17 bits per heavy atom. The number of likely N-dealkylation sites (N-methyl/N-ethyl adjacent to an activating group) is 1. The van der Waals surface area contributed by atoms with Crippen molar-refractivity contribution in [3.05, 3.63) is 57.6 Å². The number of nitrogens with one attached hydrogen (secondary N) is 1. The third-order valence-corrected chi connectivity index (χ3v) is 5.25. The van der Waals surface area contributed by atoms with E-state index in [1.165, 1.54) is 19.8 Å². The van der Waals surface area contributed by atoms with Crippen molar-refractivity contribution in [2.45, 2.75) is 12.5 Å². The quantitative estimate of drug-likeness (QED) is 0.739. The van der Waals surface area contributed by atoms with Crippen LogP contribution in [0.4, 0.5) is 0 Å². The van der Waals surface area contributed by atoms with Gasteiger partial charge in [0.2, 0.25) is 0 Å². The zero-order valence-corrected chi connectivity index (χ0v) is 11.9. The molecule has 92 valence electrons. The van der Waals surface area contributed by atoms with Gasteiger partial charge in [0.05, 0.1) is 0 Å². The molecule has 1 N–H and O–H groups in total. The van der Waals surface area contributed by atoms with E-state index in [0.29, 0.717) is 6.04 Å². The van der Waals surface area contributed by atoms with Gasteiger partial charge >= 0.3 is 0 Å². The summed E-state index contributed by atoms with van der Waals surface area (Å²) in [7, 11) is 2.04. The first-order valence-corrected chi connectivity index (χ1v) is 7.74. The lowest BCUT2D eigenvalue weighted by atomic mass is 10.1. The molecule has 2 heterocycles. The van der Waals surface area contributed by atoms with Crippen LogP contribution in [-0.4, -0.2) is 7.05 Å². The molecule has 0 saturated carbocycles. The van der Waals surface area contributed by atoms with Gasteiger partial charge in [-0.15, -0.1) is 22.7 Å². The lowest BCUT2D eigenvalue weighted by Gasteiger charge is -2.12. The van der Waals surface area contributed by atoms with Gasteiger partial charge in [-0.25, -0.2) is 0 Å². The van der Waals surface area contributed by atoms with E-state index in [1.54, 1.807) is 0 Å². The highest BCUT2D eigenvalue weighted by molar-refractivity contribution is 7.19. The summed E-state index contributed by atoms with van der Waals surface area (Å²) in [5.41, 5.74) is 0. The third kappa shape index (κ3) is 2.34. The van der Waals surface area contributed by atoms with E-state index < -0.39 is 0 Å². The number of thiophene rings is 2. The molecule has 18 heavy (non-hydrogen) atoms. The first-order valence-electron chi connectivity index (χ1n) is 6.05. The number of hydrogen-bond donors (Lipinski definition) is 1. The first kappa shape index (κ1) is 11.9. The summed E-state index contributed by atoms with van der Waals surface area (Å²) >= 11 is 3.73. The van der Waals surface area contributed by atoms with Crippen LogP contribution in [0.2, 0.25) is 0 Å². The highest BCUT2D eigenvalue weighted by Crippen LogP contribution is 2.31. The van der Waals surface area contributed by atoms with E-state index in [1.807, 2.05) is 29.7 Å². The minimum Gasteiger partial charge on any atom is -0.312 e. The monoisotopic (exact) mass is 273 g/mol. The van der Waals surface area contributed by atoms with Gasteiger partial charge in [0.1, 0.15) is 0 Å². The van der Waals surface area contributed by atoms with Crippen molar-refractivity contribution in [2.24, 2.45) is 0 Å². The highest BCUT2D eigenvalue weighted by atomic mass is 32.1. The summed E-state index contributed by atoms with van der Waals surface area (Å²) in [5.74, 6) is 0. The molecule has 3 aromatic rings. The summed E-state index contributed by atoms with van der Waals surface area (Å²) in [5, 5.41) is 6.93. The second-order valence-corrected chi connectivity index (χ2v) is 6.46. The molecule has 0 aliphatic heterocycles. The fourth-order valence-electron chi connectivity index (χ4n) is 2.15. The van der Waals surface area contributed by atoms with Crippen LogP contribution in [0.5, 0.6) is 0 Å². The summed E-state index contributed by atoms with van der Waals surface area (Å²) in [6.45, 7) is 0. The smallest absolute Gasteiger partial charge is 0.0461 e. The molecular formula is C15H15NS2. The zero-order chi connectivity index (χ0) is 12.4. The molecule has 3 rings (SSSR count). The predicted molar refractivity (Wildman–Crippen MR) is 81.6 cm³/mol. The van der Waals surface area contributed by atoms with Gasteiger partial charge in [-0.3, -0.25) is 0 Å². The van der Waals surface area contributed by atoms with Crippen LogP contribution in [0.25, 0.3) is 10.1 Å². The minimum atomic E-state index is 0.418. The van der Waals surface area contributed by atoms with Gasteiger partial charge in [-0.05, 0) is 36.0 Å². The van der Waals surface area contributed by atoms with Gasteiger partial charge < -0.3 is 5.32 Å². The van der Waals surface area contributed by atoms with Crippen molar-refractivity contribution < 1.29 is 0 Å². The van der Waals surface area contributed by atoms with Crippen molar-refractivity contribution in [3.8, 4) is 0 Å². The number of benzene rings is 1.